The van der Waals surface area contributed by atoms with Crippen molar-refractivity contribution in [2.75, 3.05) is 26.2 Å². The van der Waals surface area contributed by atoms with Crippen molar-refractivity contribution in [2.24, 2.45) is 0 Å². The largest absolute Gasteiger partial charge is 0.493 e. The standard InChI is InChI=1S/C19H24N2O2/c1-2-9-21(8-1)17(19-4-3-10-22-19)14-20-13-15-5-6-18-16(12-15)7-11-23-18/h3-6,10,12,17,20H,1-2,7-9,11,13-14H2. The van der Waals surface area contributed by atoms with E-state index in [1.165, 1.54) is 37.1 Å². The van der Waals surface area contributed by atoms with Gasteiger partial charge in [0.05, 0.1) is 18.9 Å². The maximum Gasteiger partial charge on any atom is 0.122 e. The van der Waals surface area contributed by atoms with Crippen LogP contribution >= 0.6 is 0 Å². The fourth-order valence-electron chi connectivity index (χ4n) is 3.65. The Morgan fingerprint density at radius 2 is 2.09 bits per heavy atom. The molecule has 0 radical (unpaired) electrons. The van der Waals surface area contributed by atoms with Crippen LogP contribution in [0.15, 0.2) is 41.0 Å². The number of fused-ring (bicyclic) bond motifs is 1. The Balaban J connectivity index is 1.38. The molecule has 1 fully saturated rings. The van der Waals surface area contributed by atoms with E-state index in [1.54, 1.807) is 6.26 Å². The summed E-state index contributed by atoms with van der Waals surface area (Å²) < 4.78 is 11.2. The fourth-order valence-corrected chi connectivity index (χ4v) is 3.65. The molecule has 1 unspecified atom stereocenters. The lowest BCUT2D eigenvalue weighted by Gasteiger charge is -2.26. The number of nitrogens with zero attached hydrogens (tertiary/aromatic N) is 1. The van der Waals surface area contributed by atoms with Gasteiger partial charge in [0.15, 0.2) is 0 Å². The monoisotopic (exact) mass is 312 g/mol. The number of furan rings is 1. The van der Waals surface area contributed by atoms with Crippen molar-refractivity contribution in [1.82, 2.24) is 10.2 Å². The van der Waals surface area contributed by atoms with E-state index in [2.05, 4.69) is 34.5 Å². The molecule has 23 heavy (non-hydrogen) atoms. The predicted molar refractivity (Wildman–Crippen MR) is 89.6 cm³/mol. The first kappa shape index (κ1) is 14.8. The molecule has 2 aliphatic rings. The van der Waals surface area contributed by atoms with Crippen LogP contribution in [0.2, 0.25) is 0 Å². The minimum atomic E-state index is 0.338. The van der Waals surface area contributed by atoms with E-state index in [4.69, 9.17) is 9.15 Å². The zero-order valence-electron chi connectivity index (χ0n) is 13.5. The van der Waals surface area contributed by atoms with Crippen LogP contribution < -0.4 is 10.1 Å². The Labute approximate surface area is 137 Å². The lowest BCUT2D eigenvalue weighted by atomic mass is 10.1. The summed E-state index contributed by atoms with van der Waals surface area (Å²) in [6.07, 6.45) is 5.40. The van der Waals surface area contributed by atoms with Crippen LogP contribution in [0.5, 0.6) is 5.75 Å². The Morgan fingerprint density at radius 3 is 2.91 bits per heavy atom. The number of ether oxygens (including phenoxy) is 1. The second-order valence-electron chi connectivity index (χ2n) is 6.45. The molecule has 2 aromatic rings. The highest BCUT2D eigenvalue weighted by Crippen LogP contribution is 2.27. The van der Waals surface area contributed by atoms with E-state index in [0.717, 1.165) is 37.6 Å². The summed E-state index contributed by atoms with van der Waals surface area (Å²) in [7, 11) is 0. The van der Waals surface area contributed by atoms with Crippen LogP contribution in [0, 0.1) is 0 Å². The number of rotatable bonds is 6. The summed E-state index contributed by atoms with van der Waals surface area (Å²) in [6, 6.07) is 11.0. The quantitative estimate of drug-likeness (QED) is 0.889. The van der Waals surface area contributed by atoms with Gasteiger partial charge in [-0.15, -0.1) is 0 Å². The second-order valence-corrected chi connectivity index (χ2v) is 6.45. The van der Waals surface area contributed by atoms with Gasteiger partial charge in [-0.25, -0.2) is 0 Å². The lowest BCUT2D eigenvalue weighted by Crippen LogP contribution is -2.33. The van der Waals surface area contributed by atoms with Gasteiger partial charge in [-0.3, -0.25) is 4.90 Å². The van der Waals surface area contributed by atoms with Crippen LogP contribution in [-0.4, -0.2) is 31.1 Å². The minimum Gasteiger partial charge on any atom is -0.493 e. The van der Waals surface area contributed by atoms with Crippen molar-refractivity contribution >= 4 is 0 Å². The van der Waals surface area contributed by atoms with Crippen LogP contribution in [-0.2, 0) is 13.0 Å². The molecule has 0 amide bonds. The molecular formula is C19H24N2O2. The molecule has 3 heterocycles. The third-order valence-electron chi connectivity index (χ3n) is 4.87. The lowest BCUT2D eigenvalue weighted by molar-refractivity contribution is 0.209. The van der Waals surface area contributed by atoms with Crippen molar-refractivity contribution in [3.8, 4) is 5.75 Å². The van der Waals surface area contributed by atoms with Crippen molar-refractivity contribution < 1.29 is 9.15 Å². The van der Waals surface area contributed by atoms with E-state index in [0.29, 0.717) is 6.04 Å². The number of hydrogen-bond donors (Lipinski definition) is 1. The molecule has 122 valence electrons. The SMILES string of the molecule is c1coc(C(CNCc2ccc3c(c2)CCO3)N2CCCC2)c1. The number of likely N-dealkylation sites (tertiary alicyclic amines) is 1. The maximum atomic E-state index is 5.67. The van der Waals surface area contributed by atoms with E-state index in [1.807, 2.05) is 6.07 Å². The molecule has 1 saturated heterocycles. The molecule has 1 atom stereocenters. The van der Waals surface area contributed by atoms with Crippen LogP contribution in [0.3, 0.4) is 0 Å². The number of benzene rings is 1. The van der Waals surface area contributed by atoms with Crippen LogP contribution in [0.4, 0.5) is 0 Å². The number of nitrogens with one attached hydrogen (secondary N) is 1. The zero-order chi connectivity index (χ0) is 15.5. The number of hydrogen-bond acceptors (Lipinski definition) is 4. The topological polar surface area (TPSA) is 37.6 Å². The van der Waals surface area contributed by atoms with Crippen molar-refractivity contribution in [3.63, 3.8) is 0 Å². The van der Waals surface area contributed by atoms with E-state index < -0.39 is 0 Å². The summed E-state index contributed by atoms with van der Waals surface area (Å²) >= 11 is 0. The molecule has 1 N–H and O–H groups in total. The molecule has 4 rings (SSSR count). The summed E-state index contributed by atoms with van der Waals surface area (Å²) in [5, 5.41) is 3.62. The Hall–Kier alpha value is -1.78. The molecule has 0 bridgehead atoms. The normalized spacial score (nSPS) is 18.8. The van der Waals surface area contributed by atoms with Gasteiger partial charge in [-0.2, -0.15) is 0 Å². The third kappa shape index (κ3) is 3.28. The molecule has 1 aromatic carbocycles. The van der Waals surface area contributed by atoms with Crippen LogP contribution in [0.25, 0.3) is 0 Å². The molecule has 1 aromatic heterocycles. The van der Waals surface area contributed by atoms with Gasteiger partial charge in [0.25, 0.3) is 0 Å². The molecule has 4 nitrogen and oxygen atoms in total. The first-order valence-corrected chi connectivity index (χ1v) is 8.63. The Bertz CT molecular complexity index is 633. The van der Waals surface area contributed by atoms with Gasteiger partial charge in [0.2, 0.25) is 0 Å². The van der Waals surface area contributed by atoms with Crippen molar-refractivity contribution in [3.05, 3.63) is 53.5 Å². The van der Waals surface area contributed by atoms with Gasteiger partial charge in [0, 0.05) is 19.5 Å². The first-order chi connectivity index (χ1) is 11.4. The summed E-state index contributed by atoms with van der Waals surface area (Å²) in [4.78, 5) is 2.53. The molecular weight excluding hydrogens is 288 g/mol. The summed E-state index contributed by atoms with van der Waals surface area (Å²) in [5.74, 6) is 2.13. The Morgan fingerprint density at radius 1 is 1.17 bits per heavy atom. The smallest absolute Gasteiger partial charge is 0.122 e. The van der Waals surface area contributed by atoms with Crippen molar-refractivity contribution in [1.29, 1.82) is 0 Å². The first-order valence-electron chi connectivity index (χ1n) is 8.63. The van der Waals surface area contributed by atoms with Gasteiger partial charge in [-0.05, 0) is 55.3 Å². The Kier molecular flexibility index (Phi) is 4.35. The maximum absolute atomic E-state index is 5.67. The highest BCUT2D eigenvalue weighted by atomic mass is 16.5. The fraction of sp³-hybridized carbons (Fsp3) is 0.474. The van der Waals surface area contributed by atoms with Crippen molar-refractivity contribution in [2.45, 2.75) is 31.8 Å². The molecule has 0 spiro atoms. The van der Waals surface area contributed by atoms with E-state index in [9.17, 15) is 0 Å². The predicted octanol–water partition coefficient (Wildman–Crippen LogP) is 3.14. The highest BCUT2D eigenvalue weighted by Gasteiger charge is 2.25. The second kappa shape index (κ2) is 6.77. The zero-order valence-corrected chi connectivity index (χ0v) is 13.5. The van der Waals surface area contributed by atoms with Gasteiger partial charge in [-0.1, -0.05) is 12.1 Å². The molecule has 4 heteroatoms. The van der Waals surface area contributed by atoms with E-state index >= 15 is 0 Å². The average Bonchev–Trinajstić information content (AvgIpc) is 3.33. The summed E-state index contributed by atoms with van der Waals surface area (Å²) in [6.45, 7) is 4.97. The van der Waals surface area contributed by atoms with E-state index in [-0.39, 0.29) is 0 Å². The van der Waals surface area contributed by atoms with Crippen LogP contribution in [0.1, 0.15) is 35.8 Å². The minimum absolute atomic E-state index is 0.338. The van der Waals surface area contributed by atoms with Gasteiger partial charge in [0.1, 0.15) is 11.5 Å². The average molecular weight is 312 g/mol. The molecule has 0 saturated carbocycles. The molecule has 0 aliphatic carbocycles. The van der Waals surface area contributed by atoms with Gasteiger partial charge < -0.3 is 14.5 Å². The highest BCUT2D eigenvalue weighted by molar-refractivity contribution is 5.39. The molecule has 2 aliphatic heterocycles. The van der Waals surface area contributed by atoms with Gasteiger partial charge >= 0.3 is 0 Å². The summed E-state index contributed by atoms with van der Waals surface area (Å²) in [5.41, 5.74) is 2.67. The third-order valence-corrected chi connectivity index (χ3v) is 4.87.